The van der Waals surface area contributed by atoms with E-state index in [1.165, 1.54) is 14.2 Å². The van der Waals surface area contributed by atoms with E-state index < -0.39 is 44.3 Å². The van der Waals surface area contributed by atoms with E-state index in [2.05, 4.69) is 5.32 Å². The van der Waals surface area contributed by atoms with Crippen molar-refractivity contribution in [1.29, 1.82) is 0 Å². The number of nitrogens with one attached hydrogen (secondary N) is 1. The summed E-state index contributed by atoms with van der Waals surface area (Å²) in [5.41, 5.74) is 1.40. The van der Waals surface area contributed by atoms with Gasteiger partial charge in [0.05, 0.1) is 20.6 Å². The van der Waals surface area contributed by atoms with E-state index in [1.54, 1.807) is 41.3 Å². The molecule has 0 fully saturated rings. The number of ether oxygens (including phenoxy) is 3. The van der Waals surface area contributed by atoms with Crippen molar-refractivity contribution in [3.05, 3.63) is 52.5 Å². The van der Waals surface area contributed by atoms with E-state index in [0.29, 0.717) is 39.9 Å². The number of amides is 2. The largest absolute Gasteiger partial charge is 0.493 e. The van der Waals surface area contributed by atoms with Gasteiger partial charge < -0.3 is 34.2 Å². The second kappa shape index (κ2) is 11.4. The molecule has 1 heterocycles. The average molecular weight is 555 g/mol. The van der Waals surface area contributed by atoms with Crippen molar-refractivity contribution >= 4 is 36.7 Å². The molecule has 0 aromatic heterocycles. The molecule has 10 nitrogen and oxygen atoms in total. The number of carbonyl (C=O) groups excluding carboxylic acids is 2. The predicted molar refractivity (Wildman–Crippen MR) is 139 cm³/mol. The zero-order valence-corrected chi connectivity index (χ0v) is 23.0. The number of para-hydroxylation sites is 1. The molecular formula is C25H32ClN2O8P. The van der Waals surface area contributed by atoms with Crippen molar-refractivity contribution in [1.82, 2.24) is 5.32 Å². The van der Waals surface area contributed by atoms with E-state index in [-0.39, 0.29) is 5.41 Å². The van der Waals surface area contributed by atoms with Crippen molar-refractivity contribution in [2.45, 2.75) is 39.4 Å². The van der Waals surface area contributed by atoms with Crippen LogP contribution in [0.25, 0.3) is 0 Å². The van der Waals surface area contributed by atoms with Crippen LogP contribution in [0.1, 0.15) is 44.4 Å². The molecule has 0 bridgehead atoms. The molecule has 3 rings (SSSR count). The number of rotatable bonds is 8. The van der Waals surface area contributed by atoms with E-state index in [0.717, 1.165) is 0 Å². The van der Waals surface area contributed by atoms with Gasteiger partial charge in [-0.3, -0.25) is 14.2 Å². The Morgan fingerprint density at radius 2 is 1.86 bits per heavy atom. The third-order valence-electron chi connectivity index (χ3n) is 5.61. The smallest absolute Gasteiger partial charge is 0.344 e. The highest BCUT2D eigenvalue weighted by Gasteiger charge is 2.40. The maximum Gasteiger partial charge on any atom is 0.344 e. The van der Waals surface area contributed by atoms with Crippen molar-refractivity contribution in [3.8, 4) is 11.5 Å². The minimum atomic E-state index is -4.48. The first-order valence-corrected chi connectivity index (χ1v) is 13.7. The standard InChI is InChI=1S/C25H32ClN2O8P/c1-25(2,3)13-28-18-10-9-15(26)11-17(18)22(16-7-6-8-19(34-4)23(16)35-5)36-20(24(28)30)12-21(29)27-14-37(31,32)33/h6-11,20,22H,12-14H2,1-5H3,(H,27,29)(H2,31,32,33)/t20-,22-/m1/s1. The number of nitrogens with zero attached hydrogens (tertiary/aromatic N) is 1. The van der Waals surface area contributed by atoms with Gasteiger partial charge >= 0.3 is 7.60 Å². The summed E-state index contributed by atoms with van der Waals surface area (Å²) in [5, 5.41) is 2.61. The van der Waals surface area contributed by atoms with Crippen LogP contribution in [0.2, 0.25) is 5.02 Å². The van der Waals surface area contributed by atoms with Gasteiger partial charge in [-0.15, -0.1) is 0 Å². The first-order chi connectivity index (χ1) is 17.2. The van der Waals surface area contributed by atoms with Crippen LogP contribution >= 0.6 is 19.2 Å². The van der Waals surface area contributed by atoms with E-state index in [9.17, 15) is 14.2 Å². The number of methoxy groups -OCH3 is 2. The van der Waals surface area contributed by atoms with Gasteiger partial charge in [-0.2, -0.15) is 0 Å². The molecule has 37 heavy (non-hydrogen) atoms. The second-order valence-electron chi connectivity index (χ2n) is 9.90. The molecule has 0 aliphatic carbocycles. The number of fused-ring (bicyclic) bond motifs is 1. The maximum atomic E-state index is 13.8. The Kier molecular flexibility index (Phi) is 8.93. The SMILES string of the molecule is COc1cccc([C@H]2O[C@H](CC(=O)NCP(=O)(O)O)C(=O)N(CC(C)(C)C)c3ccc(Cl)cc32)c1OC. The van der Waals surface area contributed by atoms with Gasteiger partial charge in [0.2, 0.25) is 5.91 Å². The summed E-state index contributed by atoms with van der Waals surface area (Å²) in [6, 6.07) is 10.4. The third kappa shape index (κ3) is 7.24. The normalized spacial score (nSPS) is 18.2. The molecule has 1 aliphatic rings. The zero-order chi connectivity index (χ0) is 27.5. The summed E-state index contributed by atoms with van der Waals surface area (Å²) in [5.74, 6) is -0.362. The fourth-order valence-corrected chi connectivity index (χ4v) is 4.70. The molecule has 2 atom stereocenters. The quantitative estimate of drug-likeness (QED) is 0.419. The van der Waals surface area contributed by atoms with Crippen LogP contribution in [0.3, 0.4) is 0 Å². The summed E-state index contributed by atoms with van der Waals surface area (Å²) in [4.78, 5) is 46.3. The number of hydrogen-bond donors (Lipinski definition) is 3. The van der Waals surface area contributed by atoms with Crippen molar-refractivity contribution in [2.24, 2.45) is 5.41 Å². The van der Waals surface area contributed by atoms with E-state index in [4.69, 9.17) is 35.6 Å². The van der Waals surface area contributed by atoms with Gasteiger partial charge in [-0.05, 0) is 29.7 Å². The Hall–Kier alpha value is -2.62. The Balaban J connectivity index is 2.16. The Bertz CT molecular complexity index is 1210. The van der Waals surface area contributed by atoms with Crippen LogP contribution in [0.15, 0.2) is 36.4 Å². The fraction of sp³-hybridized carbons (Fsp3) is 0.440. The molecule has 0 spiro atoms. The topological polar surface area (TPSA) is 135 Å². The molecule has 0 radical (unpaired) electrons. The van der Waals surface area contributed by atoms with E-state index in [1.807, 2.05) is 20.8 Å². The molecule has 2 aromatic carbocycles. The van der Waals surface area contributed by atoms with Crippen molar-refractivity contribution in [3.63, 3.8) is 0 Å². The number of halogens is 1. The minimum absolute atomic E-state index is 0.312. The first-order valence-electron chi connectivity index (χ1n) is 11.5. The van der Waals surface area contributed by atoms with Gasteiger partial charge in [0.1, 0.15) is 18.5 Å². The maximum absolute atomic E-state index is 13.8. The monoisotopic (exact) mass is 554 g/mol. The lowest BCUT2D eigenvalue weighted by molar-refractivity contribution is -0.138. The van der Waals surface area contributed by atoms with Crippen LogP contribution in [0.4, 0.5) is 5.69 Å². The average Bonchev–Trinajstić information content (AvgIpc) is 2.91. The Labute approximate surface area is 221 Å². The Morgan fingerprint density at radius 1 is 1.16 bits per heavy atom. The molecule has 0 unspecified atom stereocenters. The van der Waals surface area contributed by atoms with Gasteiger partial charge in [0, 0.05) is 28.4 Å². The van der Waals surface area contributed by atoms with Crippen LogP contribution in [0.5, 0.6) is 11.5 Å². The first kappa shape index (κ1) is 28.9. The minimum Gasteiger partial charge on any atom is -0.493 e. The van der Waals surface area contributed by atoms with Gasteiger partial charge in [0.25, 0.3) is 5.91 Å². The highest BCUT2D eigenvalue weighted by atomic mass is 35.5. The molecule has 202 valence electrons. The molecule has 0 saturated heterocycles. The summed E-state index contributed by atoms with van der Waals surface area (Å²) in [7, 11) is -1.49. The molecular weight excluding hydrogens is 523 g/mol. The van der Waals surface area contributed by atoms with Gasteiger partial charge in [-0.1, -0.05) is 44.5 Å². The lowest BCUT2D eigenvalue weighted by Gasteiger charge is -2.31. The number of benzene rings is 2. The number of carbonyl (C=O) groups is 2. The second-order valence-corrected chi connectivity index (χ2v) is 12.0. The fourth-order valence-electron chi connectivity index (χ4n) is 4.13. The van der Waals surface area contributed by atoms with Crippen LogP contribution in [-0.4, -0.2) is 54.8 Å². The molecule has 3 N–H and O–H groups in total. The van der Waals surface area contributed by atoms with Crippen LogP contribution < -0.4 is 19.7 Å². The summed E-state index contributed by atoms with van der Waals surface area (Å²) in [6.45, 7) is 6.25. The third-order valence-corrected chi connectivity index (χ3v) is 6.41. The number of anilines is 1. The number of hydrogen-bond acceptors (Lipinski definition) is 6. The van der Waals surface area contributed by atoms with Crippen molar-refractivity contribution in [2.75, 3.05) is 32.0 Å². The summed E-state index contributed by atoms with van der Waals surface area (Å²) < 4.78 is 28.7. The molecule has 0 saturated carbocycles. The lowest BCUT2D eigenvalue weighted by Crippen LogP contribution is -2.45. The molecule has 2 amide bonds. The highest BCUT2D eigenvalue weighted by molar-refractivity contribution is 7.51. The molecule has 12 heteroatoms. The zero-order valence-electron chi connectivity index (χ0n) is 21.4. The van der Waals surface area contributed by atoms with Crippen molar-refractivity contribution < 1.29 is 38.2 Å². The van der Waals surface area contributed by atoms with Gasteiger partial charge in [-0.25, -0.2) is 0 Å². The Morgan fingerprint density at radius 3 is 2.46 bits per heavy atom. The summed E-state index contributed by atoms with van der Waals surface area (Å²) in [6.07, 6.45) is -3.45. The van der Waals surface area contributed by atoms with E-state index >= 15 is 0 Å². The van der Waals surface area contributed by atoms with Crippen LogP contribution in [0, 0.1) is 5.41 Å². The lowest BCUT2D eigenvalue weighted by atomic mass is 9.94. The highest BCUT2D eigenvalue weighted by Crippen LogP contribution is 2.45. The van der Waals surface area contributed by atoms with Crippen LogP contribution in [-0.2, 0) is 18.9 Å². The molecule has 2 aromatic rings. The molecule has 1 aliphatic heterocycles. The van der Waals surface area contributed by atoms with Gasteiger partial charge in [0.15, 0.2) is 11.5 Å². The summed E-state index contributed by atoms with van der Waals surface area (Å²) >= 11 is 6.38. The predicted octanol–water partition coefficient (Wildman–Crippen LogP) is 3.87.